The minimum Gasteiger partial charge on any atom is -0.368 e. The second kappa shape index (κ2) is 8.99. The highest BCUT2D eigenvalue weighted by Gasteiger charge is 2.44. The second-order valence-corrected chi connectivity index (χ2v) is 7.29. The van der Waals surface area contributed by atoms with Crippen LogP contribution in [0.4, 0.5) is 0 Å². The van der Waals surface area contributed by atoms with Crippen LogP contribution in [0.2, 0.25) is 0 Å². The van der Waals surface area contributed by atoms with E-state index in [1.54, 1.807) is 0 Å². The first-order valence-corrected chi connectivity index (χ1v) is 10.0. The lowest BCUT2D eigenvalue weighted by atomic mass is 10.1. The summed E-state index contributed by atoms with van der Waals surface area (Å²) in [5, 5.41) is 3.44. The largest absolute Gasteiger partial charge is 0.368 e. The first kappa shape index (κ1) is 19.3. The van der Waals surface area contributed by atoms with Crippen molar-refractivity contribution in [3.05, 3.63) is 114 Å². The van der Waals surface area contributed by atoms with Crippen molar-refractivity contribution in [2.24, 2.45) is 4.99 Å². The van der Waals surface area contributed by atoms with Crippen molar-refractivity contribution >= 4 is 11.8 Å². The number of rotatable bonds is 8. The van der Waals surface area contributed by atoms with Gasteiger partial charge in [0.05, 0.1) is 18.4 Å². The highest BCUT2D eigenvalue weighted by Crippen LogP contribution is 2.33. The van der Waals surface area contributed by atoms with E-state index in [0.717, 1.165) is 17.8 Å². The van der Waals surface area contributed by atoms with Crippen LogP contribution in [0.5, 0.6) is 0 Å². The molecule has 2 atom stereocenters. The summed E-state index contributed by atoms with van der Waals surface area (Å²) >= 11 is 0. The molecule has 1 N–H and O–H groups in total. The molecule has 1 heterocycles. The van der Waals surface area contributed by atoms with Crippen molar-refractivity contribution in [2.75, 3.05) is 13.2 Å². The lowest BCUT2D eigenvalue weighted by molar-refractivity contribution is 0.132. The molecule has 3 aromatic carbocycles. The van der Waals surface area contributed by atoms with Gasteiger partial charge in [0.25, 0.3) is 0 Å². The normalized spacial score (nSPS) is 20.0. The molecule has 2 unspecified atom stereocenters. The molecule has 1 saturated heterocycles. The third kappa shape index (κ3) is 5.08. The lowest BCUT2D eigenvalue weighted by Crippen LogP contribution is -2.20. The van der Waals surface area contributed by atoms with Gasteiger partial charge in [0.1, 0.15) is 5.66 Å². The molecule has 1 aliphatic rings. The van der Waals surface area contributed by atoms with Crippen LogP contribution in [0.1, 0.15) is 23.6 Å². The maximum atomic E-state index is 6.14. The average molecular weight is 383 g/mol. The van der Waals surface area contributed by atoms with Gasteiger partial charge < -0.3 is 4.74 Å². The van der Waals surface area contributed by atoms with E-state index in [0.29, 0.717) is 6.61 Å². The molecule has 0 spiro atoms. The Labute approximate surface area is 172 Å². The van der Waals surface area contributed by atoms with Crippen LogP contribution in [-0.4, -0.2) is 25.0 Å². The monoisotopic (exact) mass is 382 g/mol. The number of ether oxygens (including phenoxy) is 1. The molecule has 0 saturated carbocycles. The van der Waals surface area contributed by atoms with E-state index >= 15 is 0 Å². The molecule has 29 heavy (non-hydrogen) atoms. The Morgan fingerprint density at radius 3 is 2.17 bits per heavy atom. The van der Waals surface area contributed by atoms with Gasteiger partial charge in [0, 0.05) is 6.54 Å². The fourth-order valence-corrected chi connectivity index (χ4v) is 3.26. The molecule has 1 aliphatic heterocycles. The molecule has 0 aromatic heterocycles. The van der Waals surface area contributed by atoms with E-state index in [1.807, 2.05) is 42.5 Å². The lowest BCUT2D eigenvalue weighted by Gasteiger charge is -2.16. The summed E-state index contributed by atoms with van der Waals surface area (Å²) in [4.78, 5) is 5.11. The van der Waals surface area contributed by atoms with Crippen LogP contribution in [0, 0.1) is 0 Å². The zero-order valence-electron chi connectivity index (χ0n) is 16.7. The highest BCUT2D eigenvalue weighted by molar-refractivity contribution is 6.02. The van der Waals surface area contributed by atoms with E-state index in [2.05, 4.69) is 72.9 Å². The molecule has 4 rings (SSSR count). The third-order valence-electron chi connectivity index (χ3n) is 5.04. The smallest absolute Gasteiger partial charge is 0.149 e. The van der Waals surface area contributed by atoms with Gasteiger partial charge in [-0.3, -0.25) is 10.3 Å². The van der Waals surface area contributed by atoms with E-state index < -0.39 is 0 Å². The zero-order chi connectivity index (χ0) is 19.9. The summed E-state index contributed by atoms with van der Waals surface area (Å²) in [6.07, 6.45) is 4.17. The van der Waals surface area contributed by atoms with Gasteiger partial charge in [-0.2, -0.15) is 0 Å². The van der Waals surface area contributed by atoms with Crippen LogP contribution in [0.25, 0.3) is 6.08 Å². The Morgan fingerprint density at radius 1 is 0.966 bits per heavy atom. The van der Waals surface area contributed by atoms with E-state index in [-0.39, 0.29) is 11.8 Å². The number of aliphatic imine (C=N–C) groups is 1. The highest BCUT2D eigenvalue weighted by atomic mass is 16.5. The number of nitrogens with one attached hydrogen (secondary N) is 1. The minimum atomic E-state index is -0.334. The molecule has 0 aliphatic carbocycles. The minimum absolute atomic E-state index is 0.0102. The quantitative estimate of drug-likeness (QED) is 0.438. The standard InChI is InChI=1S/C26H26N2O/c1-21(17-18-22-11-5-2-6-12-22)29-19-25(23-13-7-3-8-14-23)28-26(20-27-26)24-15-9-4-10-16-24/h2-18,21,27H,19-20H2,1H3/b18-17+,28-25-. The van der Waals surface area contributed by atoms with Crippen LogP contribution < -0.4 is 5.32 Å². The van der Waals surface area contributed by atoms with Crippen molar-refractivity contribution < 1.29 is 4.74 Å². The molecular formula is C26H26N2O. The SMILES string of the molecule is CC(/C=C/c1ccccc1)OC/C(=N/C1(c2ccccc2)CN1)c1ccccc1. The third-order valence-corrected chi connectivity index (χ3v) is 5.04. The van der Waals surface area contributed by atoms with Gasteiger partial charge in [0.2, 0.25) is 0 Å². The first-order valence-electron chi connectivity index (χ1n) is 10.0. The van der Waals surface area contributed by atoms with Crippen LogP contribution in [0.3, 0.4) is 0 Å². The fraction of sp³-hybridized carbons (Fsp3) is 0.192. The van der Waals surface area contributed by atoms with Gasteiger partial charge in [-0.1, -0.05) is 103 Å². The number of hydrogen-bond donors (Lipinski definition) is 1. The molecule has 0 bridgehead atoms. The Balaban J connectivity index is 1.51. The zero-order valence-corrected chi connectivity index (χ0v) is 16.7. The molecule has 1 fully saturated rings. The van der Waals surface area contributed by atoms with Crippen LogP contribution in [-0.2, 0) is 10.4 Å². The van der Waals surface area contributed by atoms with E-state index in [9.17, 15) is 0 Å². The van der Waals surface area contributed by atoms with E-state index in [4.69, 9.17) is 9.73 Å². The molecule has 3 aromatic rings. The van der Waals surface area contributed by atoms with Crippen molar-refractivity contribution in [1.29, 1.82) is 0 Å². The van der Waals surface area contributed by atoms with Crippen molar-refractivity contribution in [2.45, 2.75) is 18.7 Å². The summed E-state index contributed by atoms with van der Waals surface area (Å²) < 4.78 is 6.14. The average Bonchev–Trinajstić information content (AvgIpc) is 3.58. The summed E-state index contributed by atoms with van der Waals surface area (Å²) in [6, 6.07) is 31.0. The van der Waals surface area contributed by atoms with Gasteiger partial charge >= 0.3 is 0 Å². The Kier molecular flexibility index (Phi) is 5.99. The van der Waals surface area contributed by atoms with Crippen molar-refractivity contribution in [3.63, 3.8) is 0 Å². The number of nitrogens with zero attached hydrogens (tertiary/aromatic N) is 1. The van der Waals surface area contributed by atoms with Gasteiger partial charge in [-0.15, -0.1) is 0 Å². The van der Waals surface area contributed by atoms with Gasteiger partial charge in [0.15, 0.2) is 0 Å². The fourth-order valence-electron chi connectivity index (χ4n) is 3.26. The maximum absolute atomic E-state index is 6.14. The predicted octanol–water partition coefficient (Wildman–Crippen LogP) is 5.05. The first-order chi connectivity index (χ1) is 14.3. The van der Waals surface area contributed by atoms with Gasteiger partial charge in [-0.05, 0) is 23.6 Å². The predicted molar refractivity (Wildman–Crippen MR) is 120 cm³/mol. The molecule has 0 radical (unpaired) electrons. The van der Waals surface area contributed by atoms with Gasteiger partial charge in [-0.25, -0.2) is 0 Å². The van der Waals surface area contributed by atoms with Crippen LogP contribution in [0.15, 0.2) is 102 Å². The Morgan fingerprint density at radius 2 is 1.55 bits per heavy atom. The topological polar surface area (TPSA) is 43.5 Å². The molecule has 3 heteroatoms. The summed E-state index contributed by atoms with van der Waals surface area (Å²) in [7, 11) is 0. The number of hydrogen-bond acceptors (Lipinski definition) is 3. The molecule has 146 valence electrons. The van der Waals surface area contributed by atoms with Crippen molar-refractivity contribution in [3.8, 4) is 0 Å². The Bertz CT molecular complexity index is 961. The second-order valence-electron chi connectivity index (χ2n) is 7.29. The molecule has 0 amide bonds. The number of benzene rings is 3. The maximum Gasteiger partial charge on any atom is 0.149 e. The summed E-state index contributed by atoms with van der Waals surface area (Å²) in [5.74, 6) is 0. The molecule has 3 nitrogen and oxygen atoms in total. The van der Waals surface area contributed by atoms with Crippen molar-refractivity contribution in [1.82, 2.24) is 5.32 Å². The summed E-state index contributed by atoms with van der Waals surface area (Å²) in [6.45, 7) is 3.36. The van der Waals surface area contributed by atoms with E-state index in [1.165, 1.54) is 11.1 Å². The molecular weight excluding hydrogens is 356 g/mol. The summed E-state index contributed by atoms with van der Waals surface area (Å²) in [5.41, 5.74) is 4.07. The van der Waals surface area contributed by atoms with Crippen LogP contribution >= 0.6 is 0 Å². The Hall–Kier alpha value is -3.01.